The molecule has 2 rings (SSSR count). The third kappa shape index (κ3) is 2.07. The van der Waals surface area contributed by atoms with E-state index in [0.29, 0.717) is 11.3 Å². The fourth-order valence-corrected chi connectivity index (χ4v) is 1.49. The predicted octanol–water partition coefficient (Wildman–Crippen LogP) is 2.18. The summed E-state index contributed by atoms with van der Waals surface area (Å²) >= 11 is 5.59. The molecule has 0 spiro atoms. The van der Waals surface area contributed by atoms with Gasteiger partial charge in [-0.2, -0.15) is 0 Å². The summed E-state index contributed by atoms with van der Waals surface area (Å²) < 4.78 is 0. The number of pyridine rings is 2. The number of halogens is 1. The highest BCUT2D eigenvalue weighted by atomic mass is 35.5. The van der Waals surface area contributed by atoms with Gasteiger partial charge in [0.15, 0.2) is 0 Å². The molecular weight excluding hydrogens is 212 g/mol. The van der Waals surface area contributed by atoms with E-state index in [-0.39, 0.29) is 11.4 Å². The molecule has 3 nitrogen and oxygen atoms in total. The summed E-state index contributed by atoms with van der Waals surface area (Å²) in [6.45, 7) is 0. The molecule has 2 aromatic heterocycles. The normalized spacial score (nSPS) is 10.2. The highest BCUT2D eigenvalue weighted by Gasteiger charge is 2.02. The minimum absolute atomic E-state index is 0.159. The number of hydrogen-bond donors (Lipinski definition) is 1. The molecule has 0 aliphatic carbocycles. The number of aromatic amines is 1. The van der Waals surface area contributed by atoms with Gasteiger partial charge in [-0.05, 0) is 18.2 Å². The zero-order valence-corrected chi connectivity index (χ0v) is 8.66. The third-order valence-electron chi connectivity index (χ3n) is 2.08. The molecule has 0 aliphatic heterocycles. The Labute approximate surface area is 91.8 Å². The lowest BCUT2D eigenvalue weighted by atomic mass is 10.2. The van der Waals surface area contributed by atoms with Crippen molar-refractivity contribution in [2.45, 2.75) is 5.88 Å². The molecule has 0 aromatic carbocycles. The van der Waals surface area contributed by atoms with E-state index >= 15 is 0 Å². The molecule has 4 heteroatoms. The molecule has 0 atom stereocenters. The Bertz CT molecular complexity index is 507. The second-order valence-corrected chi connectivity index (χ2v) is 3.34. The molecule has 0 unspecified atom stereocenters. The molecule has 0 bridgehead atoms. The topological polar surface area (TPSA) is 45.8 Å². The first kappa shape index (κ1) is 9.93. The van der Waals surface area contributed by atoms with Crippen LogP contribution >= 0.6 is 11.6 Å². The molecule has 76 valence electrons. The summed E-state index contributed by atoms with van der Waals surface area (Å²) in [5.41, 5.74) is 1.86. The Morgan fingerprint density at radius 1 is 1.27 bits per heavy atom. The van der Waals surface area contributed by atoms with Crippen molar-refractivity contribution in [3.05, 3.63) is 52.4 Å². The van der Waals surface area contributed by atoms with Gasteiger partial charge in [0.05, 0.1) is 17.3 Å². The van der Waals surface area contributed by atoms with Crippen molar-refractivity contribution in [1.82, 2.24) is 9.97 Å². The Kier molecular flexibility index (Phi) is 2.83. The second-order valence-electron chi connectivity index (χ2n) is 3.07. The molecule has 0 amide bonds. The van der Waals surface area contributed by atoms with Crippen molar-refractivity contribution in [3.8, 4) is 11.4 Å². The van der Waals surface area contributed by atoms with E-state index in [4.69, 9.17) is 11.6 Å². The molecule has 0 radical (unpaired) electrons. The Balaban J connectivity index is 2.48. The Hall–Kier alpha value is -1.61. The molecule has 1 N–H and O–H groups in total. The van der Waals surface area contributed by atoms with Crippen molar-refractivity contribution in [2.75, 3.05) is 0 Å². The van der Waals surface area contributed by atoms with E-state index in [0.717, 1.165) is 5.69 Å². The number of aromatic nitrogens is 2. The monoisotopic (exact) mass is 220 g/mol. The minimum Gasteiger partial charge on any atom is -0.320 e. The van der Waals surface area contributed by atoms with E-state index in [1.54, 1.807) is 18.3 Å². The van der Waals surface area contributed by atoms with E-state index in [9.17, 15) is 4.79 Å². The van der Waals surface area contributed by atoms with Gasteiger partial charge in [0.1, 0.15) is 0 Å². The lowest BCUT2D eigenvalue weighted by Crippen LogP contribution is -2.11. The number of H-pyrrole nitrogens is 1. The summed E-state index contributed by atoms with van der Waals surface area (Å²) in [6, 6.07) is 9.06. The summed E-state index contributed by atoms with van der Waals surface area (Å²) in [4.78, 5) is 18.4. The van der Waals surface area contributed by atoms with Crippen LogP contribution in [0.1, 0.15) is 5.56 Å². The zero-order chi connectivity index (χ0) is 10.7. The fraction of sp³-hybridized carbons (Fsp3) is 0.0909. The van der Waals surface area contributed by atoms with Gasteiger partial charge in [0.2, 0.25) is 0 Å². The van der Waals surface area contributed by atoms with Gasteiger partial charge in [-0.1, -0.05) is 12.1 Å². The second kappa shape index (κ2) is 4.28. The van der Waals surface area contributed by atoms with Gasteiger partial charge in [-0.3, -0.25) is 9.78 Å². The summed E-state index contributed by atoms with van der Waals surface area (Å²) in [5.74, 6) is 0.220. The Morgan fingerprint density at radius 3 is 2.73 bits per heavy atom. The van der Waals surface area contributed by atoms with Crippen molar-refractivity contribution in [1.29, 1.82) is 0 Å². The van der Waals surface area contributed by atoms with Crippen LogP contribution in [0.15, 0.2) is 41.3 Å². The zero-order valence-electron chi connectivity index (χ0n) is 7.90. The average Bonchev–Trinajstić information content (AvgIpc) is 2.30. The first-order valence-corrected chi connectivity index (χ1v) is 5.04. The number of rotatable bonds is 2. The lowest BCUT2D eigenvalue weighted by Gasteiger charge is -2.00. The van der Waals surface area contributed by atoms with Gasteiger partial charge in [-0.25, -0.2) is 0 Å². The summed E-state index contributed by atoms with van der Waals surface area (Å²) in [7, 11) is 0. The van der Waals surface area contributed by atoms with Crippen molar-refractivity contribution in [2.24, 2.45) is 0 Å². The van der Waals surface area contributed by atoms with Crippen LogP contribution in [-0.2, 0) is 5.88 Å². The minimum atomic E-state index is -0.159. The number of nitrogens with zero attached hydrogens (tertiary/aromatic N) is 1. The van der Waals surface area contributed by atoms with Crippen LogP contribution in [0.25, 0.3) is 11.4 Å². The number of hydrogen-bond acceptors (Lipinski definition) is 2. The molecule has 2 aromatic rings. The average molecular weight is 221 g/mol. The Morgan fingerprint density at radius 2 is 2.13 bits per heavy atom. The van der Waals surface area contributed by atoms with Crippen LogP contribution in [0.3, 0.4) is 0 Å². The van der Waals surface area contributed by atoms with Crippen LogP contribution in [0, 0.1) is 0 Å². The van der Waals surface area contributed by atoms with Crippen LogP contribution in [0.5, 0.6) is 0 Å². The van der Waals surface area contributed by atoms with Gasteiger partial charge < -0.3 is 4.98 Å². The molecule has 0 saturated heterocycles. The molecule has 0 saturated carbocycles. The van der Waals surface area contributed by atoms with E-state index in [1.165, 1.54) is 0 Å². The van der Waals surface area contributed by atoms with Gasteiger partial charge in [0, 0.05) is 11.8 Å². The summed E-state index contributed by atoms with van der Waals surface area (Å²) in [5, 5.41) is 0. The maximum absolute atomic E-state index is 11.5. The fourth-order valence-electron chi connectivity index (χ4n) is 1.28. The molecular formula is C11H9ClN2O. The summed E-state index contributed by atoms with van der Waals surface area (Å²) in [6.07, 6.45) is 1.68. The van der Waals surface area contributed by atoms with Crippen molar-refractivity contribution >= 4 is 11.6 Å². The molecule has 15 heavy (non-hydrogen) atoms. The highest BCUT2D eigenvalue weighted by Crippen LogP contribution is 2.11. The van der Waals surface area contributed by atoms with Crippen molar-refractivity contribution < 1.29 is 0 Å². The standard InChI is InChI=1S/C11H9ClN2O/c12-7-8-4-5-10(14-11(8)15)9-3-1-2-6-13-9/h1-6H,7H2,(H,14,15). The number of nitrogens with one attached hydrogen (secondary N) is 1. The van der Waals surface area contributed by atoms with E-state index < -0.39 is 0 Å². The largest absolute Gasteiger partial charge is 0.320 e. The number of alkyl halides is 1. The molecule has 2 heterocycles. The van der Waals surface area contributed by atoms with Crippen molar-refractivity contribution in [3.63, 3.8) is 0 Å². The van der Waals surface area contributed by atoms with Crippen LogP contribution < -0.4 is 5.56 Å². The van der Waals surface area contributed by atoms with Gasteiger partial charge in [-0.15, -0.1) is 11.6 Å². The first-order chi connectivity index (χ1) is 7.31. The molecule has 0 fully saturated rings. The van der Waals surface area contributed by atoms with Crippen LogP contribution in [0.2, 0.25) is 0 Å². The maximum Gasteiger partial charge on any atom is 0.252 e. The van der Waals surface area contributed by atoms with E-state index in [1.807, 2.05) is 18.2 Å². The maximum atomic E-state index is 11.5. The quantitative estimate of drug-likeness (QED) is 0.789. The van der Waals surface area contributed by atoms with Crippen LogP contribution in [-0.4, -0.2) is 9.97 Å². The van der Waals surface area contributed by atoms with Gasteiger partial charge >= 0.3 is 0 Å². The third-order valence-corrected chi connectivity index (χ3v) is 2.36. The predicted molar refractivity (Wildman–Crippen MR) is 59.9 cm³/mol. The SMILES string of the molecule is O=c1[nH]c(-c2ccccn2)ccc1CCl. The van der Waals surface area contributed by atoms with Gasteiger partial charge in [0.25, 0.3) is 5.56 Å². The lowest BCUT2D eigenvalue weighted by molar-refractivity contribution is 1.15. The highest BCUT2D eigenvalue weighted by molar-refractivity contribution is 6.17. The first-order valence-electron chi connectivity index (χ1n) is 4.51. The molecule has 0 aliphatic rings. The smallest absolute Gasteiger partial charge is 0.252 e. The van der Waals surface area contributed by atoms with Crippen LogP contribution in [0.4, 0.5) is 0 Å². The van der Waals surface area contributed by atoms with E-state index in [2.05, 4.69) is 9.97 Å².